The highest BCUT2D eigenvalue weighted by Gasteiger charge is 2.40. The first-order valence-corrected chi connectivity index (χ1v) is 11.4. The summed E-state index contributed by atoms with van der Waals surface area (Å²) < 4.78 is 0. The van der Waals surface area contributed by atoms with E-state index < -0.39 is 11.9 Å². The van der Waals surface area contributed by atoms with Gasteiger partial charge in [-0.05, 0) is 61.4 Å². The van der Waals surface area contributed by atoms with Crippen LogP contribution in [-0.2, 0) is 16.1 Å². The number of halogens is 1. The van der Waals surface area contributed by atoms with E-state index in [2.05, 4.69) is 16.7 Å². The van der Waals surface area contributed by atoms with Gasteiger partial charge in [0.05, 0.1) is 5.69 Å². The lowest BCUT2D eigenvalue weighted by atomic mass is 9.99. The predicted molar refractivity (Wildman–Crippen MR) is 125 cm³/mol. The Morgan fingerprint density at radius 3 is 2.72 bits per heavy atom. The molecule has 1 atom stereocenters. The van der Waals surface area contributed by atoms with Gasteiger partial charge in [0.25, 0.3) is 5.91 Å². The summed E-state index contributed by atoms with van der Waals surface area (Å²) in [5, 5.41) is 8.69. The molecule has 0 saturated carbocycles. The number of allylic oxidation sites excluding steroid dienone is 3. The smallest absolute Gasteiger partial charge is 0.259 e. The molecule has 0 radical (unpaired) electrons. The summed E-state index contributed by atoms with van der Waals surface area (Å²) in [6, 6.07) is 9.01. The van der Waals surface area contributed by atoms with E-state index in [0.717, 1.165) is 52.9 Å². The number of nitrogens with one attached hydrogen (secondary N) is 2. The van der Waals surface area contributed by atoms with Crippen molar-refractivity contribution in [3.8, 4) is 0 Å². The van der Waals surface area contributed by atoms with Crippen molar-refractivity contribution in [3.05, 3.63) is 64.2 Å². The highest BCUT2D eigenvalue weighted by molar-refractivity contribution is 6.29. The average Bonchev–Trinajstić information content (AvgIpc) is 3.07. The van der Waals surface area contributed by atoms with Crippen LogP contribution >= 0.6 is 11.6 Å². The Kier molecular flexibility index (Phi) is 5.57. The molecule has 0 spiro atoms. The topological polar surface area (TPSA) is 78.5 Å². The zero-order valence-corrected chi connectivity index (χ0v) is 18.4. The minimum atomic E-state index is -0.661. The number of amides is 3. The third-order valence-electron chi connectivity index (χ3n) is 6.46. The van der Waals surface area contributed by atoms with E-state index in [1.165, 1.54) is 5.57 Å². The van der Waals surface area contributed by atoms with Crippen molar-refractivity contribution in [3.63, 3.8) is 0 Å². The van der Waals surface area contributed by atoms with Gasteiger partial charge < -0.3 is 5.32 Å². The van der Waals surface area contributed by atoms with Gasteiger partial charge in [-0.2, -0.15) is 0 Å². The Morgan fingerprint density at radius 2 is 1.94 bits per heavy atom. The summed E-state index contributed by atoms with van der Waals surface area (Å²) in [4.78, 5) is 38.8. The molecule has 2 N–H and O–H groups in total. The van der Waals surface area contributed by atoms with Crippen molar-refractivity contribution < 1.29 is 14.4 Å². The zero-order valence-electron chi connectivity index (χ0n) is 17.6. The Hall–Kier alpha value is -2.96. The second kappa shape index (κ2) is 8.52. The van der Waals surface area contributed by atoms with Gasteiger partial charge in [-0.1, -0.05) is 41.4 Å². The minimum absolute atomic E-state index is 0.179. The number of imide groups is 1. The van der Waals surface area contributed by atoms with Crippen molar-refractivity contribution in [1.82, 2.24) is 10.6 Å². The predicted octanol–water partition coefficient (Wildman–Crippen LogP) is 3.93. The number of benzene rings is 2. The summed E-state index contributed by atoms with van der Waals surface area (Å²) in [5.41, 5.74) is 3.87. The van der Waals surface area contributed by atoms with E-state index in [9.17, 15) is 14.4 Å². The Bertz CT molecular complexity index is 1200. The van der Waals surface area contributed by atoms with E-state index in [4.69, 9.17) is 11.6 Å². The zero-order chi connectivity index (χ0) is 22.2. The van der Waals surface area contributed by atoms with Crippen LogP contribution in [0.3, 0.4) is 0 Å². The molecule has 1 fully saturated rings. The molecule has 2 heterocycles. The van der Waals surface area contributed by atoms with Gasteiger partial charge in [-0.3, -0.25) is 24.6 Å². The molecule has 32 heavy (non-hydrogen) atoms. The Balaban J connectivity index is 1.35. The Labute approximate surface area is 191 Å². The molecule has 6 nitrogen and oxygen atoms in total. The molecule has 0 aromatic heterocycles. The van der Waals surface area contributed by atoms with Crippen molar-refractivity contribution in [2.75, 3.05) is 11.4 Å². The minimum Gasteiger partial charge on any atom is -0.312 e. The maximum absolute atomic E-state index is 13.2. The number of piperidine rings is 1. The monoisotopic (exact) mass is 449 g/mol. The molecule has 3 aliphatic rings. The van der Waals surface area contributed by atoms with Gasteiger partial charge in [-0.15, -0.1) is 0 Å². The molecule has 1 saturated heterocycles. The number of nitrogens with zero attached hydrogens (tertiary/aromatic N) is 1. The number of carbonyl (C=O) groups is 3. The van der Waals surface area contributed by atoms with Gasteiger partial charge in [0.2, 0.25) is 11.8 Å². The van der Waals surface area contributed by atoms with Crippen molar-refractivity contribution in [2.45, 2.75) is 44.7 Å². The third kappa shape index (κ3) is 3.74. The molecule has 164 valence electrons. The standard InChI is InChI=1S/C25H24ClN3O3/c26-17-7-4-15(5-8-17)12-13-27-14-16-6-9-19-23-18(16)2-1-3-20(23)29(25(19)32)21-10-11-22(30)28-24(21)31/h1-4,6-7,9,21,27H,5,8,10-14H2,(H,28,30,31). The highest BCUT2D eigenvalue weighted by atomic mass is 35.5. The quantitative estimate of drug-likeness (QED) is 0.517. The lowest BCUT2D eigenvalue weighted by Gasteiger charge is -2.30. The van der Waals surface area contributed by atoms with Crippen LogP contribution in [0.5, 0.6) is 0 Å². The maximum atomic E-state index is 13.2. The number of hydrogen-bond acceptors (Lipinski definition) is 4. The van der Waals surface area contributed by atoms with E-state index in [1.807, 2.05) is 36.4 Å². The fourth-order valence-corrected chi connectivity index (χ4v) is 4.95. The summed E-state index contributed by atoms with van der Waals surface area (Å²) in [7, 11) is 0. The normalized spacial score (nSPS) is 20.5. The first-order chi connectivity index (χ1) is 15.5. The molecular formula is C25H24ClN3O3. The fourth-order valence-electron chi connectivity index (χ4n) is 4.79. The van der Waals surface area contributed by atoms with Crippen LogP contribution in [0.25, 0.3) is 10.8 Å². The van der Waals surface area contributed by atoms with Crippen LogP contribution in [0.1, 0.15) is 48.0 Å². The van der Waals surface area contributed by atoms with Crippen molar-refractivity contribution in [1.29, 1.82) is 0 Å². The van der Waals surface area contributed by atoms with Gasteiger partial charge >= 0.3 is 0 Å². The van der Waals surface area contributed by atoms with Gasteiger partial charge in [0.15, 0.2) is 0 Å². The van der Waals surface area contributed by atoms with E-state index >= 15 is 0 Å². The number of anilines is 1. The molecule has 0 bridgehead atoms. The molecule has 2 aromatic carbocycles. The van der Waals surface area contributed by atoms with E-state index in [0.29, 0.717) is 18.5 Å². The largest absolute Gasteiger partial charge is 0.312 e. The summed E-state index contributed by atoms with van der Waals surface area (Å²) in [6.07, 6.45) is 7.57. The SMILES string of the molecule is O=C1CCC(N2C(=O)c3ccc(CNCCC4=CC=C(Cl)CC4)c4cccc2c34)C(=O)N1. The summed E-state index contributed by atoms with van der Waals surface area (Å²) in [5.74, 6) is -0.874. The lowest BCUT2D eigenvalue weighted by molar-refractivity contribution is -0.134. The van der Waals surface area contributed by atoms with Crippen LogP contribution in [0.2, 0.25) is 0 Å². The first-order valence-electron chi connectivity index (χ1n) is 11.0. The van der Waals surface area contributed by atoms with Crippen molar-refractivity contribution in [2.24, 2.45) is 0 Å². The molecule has 5 rings (SSSR count). The third-order valence-corrected chi connectivity index (χ3v) is 6.78. The molecule has 7 heteroatoms. The lowest BCUT2D eigenvalue weighted by Crippen LogP contribution is -2.53. The molecule has 2 aromatic rings. The Morgan fingerprint density at radius 1 is 1.06 bits per heavy atom. The van der Waals surface area contributed by atoms with Crippen LogP contribution in [-0.4, -0.2) is 30.3 Å². The van der Waals surface area contributed by atoms with Gasteiger partial charge in [-0.25, -0.2) is 0 Å². The second-order valence-corrected chi connectivity index (χ2v) is 8.96. The maximum Gasteiger partial charge on any atom is 0.259 e. The second-order valence-electron chi connectivity index (χ2n) is 8.48. The van der Waals surface area contributed by atoms with E-state index in [1.54, 1.807) is 4.90 Å². The number of rotatable bonds is 6. The average molecular weight is 450 g/mol. The van der Waals surface area contributed by atoms with E-state index in [-0.39, 0.29) is 18.2 Å². The molecular weight excluding hydrogens is 426 g/mol. The van der Waals surface area contributed by atoms with Crippen LogP contribution < -0.4 is 15.5 Å². The number of hydrogen-bond donors (Lipinski definition) is 2. The van der Waals surface area contributed by atoms with Gasteiger partial charge in [0.1, 0.15) is 6.04 Å². The first kappa shape index (κ1) is 20.9. The van der Waals surface area contributed by atoms with Gasteiger partial charge in [0, 0.05) is 28.9 Å². The van der Waals surface area contributed by atoms with Crippen LogP contribution in [0.15, 0.2) is 53.1 Å². The fraction of sp³-hybridized carbons (Fsp3) is 0.320. The molecule has 1 unspecified atom stereocenters. The van der Waals surface area contributed by atoms with Crippen molar-refractivity contribution >= 4 is 45.8 Å². The summed E-state index contributed by atoms with van der Waals surface area (Å²) in [6.45, 7) is 1.55. The summed E-state index contributed by atoms with van der Waals surface area (Å²) >= 11 is 6.03. The highest BCUT2D eigenvalue weighted by Crippen LogP contribution is 2.40. The van der Waals surface area contributed by atoms with Crippen LogP contribution in [0, 0.1) is 0 Å². The van der Waals surface area contributed by atoms with Crippen LogP contribution in [0.4, 0.5) is 5.69 Å². The molecule has 1 aliphatic carbocycles. The molecule has 2 aliphatic heterocycles. The number of carbonyl (C=O) groups excluding carboxylic acids is 3. The molecule has 3 amide bonds.